The smallest absolute Gasteiger partial charge is 0.276 e. The van der Waals surface area contributed by atoms with Gasteiger partial charge in [-0.1, -0.05) is 24.9 Å². The number of benzene rings is 2. The Morgan fingerprint density at radius 2 is 1.79 bits per heavy atom. The lowest BCUT2D eigenvalue weighted by atomic mass is 10.2. The zero-order valence-corrected chi connectivity index (χ0v) is 14.8. The van der Waals surface area contributed by atoms with E-state index in [0.29, 0.717) is 11.6 Å². The van der Waals surface area contributed by atoms with Crippen molar-refractivity contribution in [2.24, 2.45) is 5.10 Å². The van der Waals surface area contributed by atoms with Crippen molar-refractivity contribution in [3.05, 3.63) is 59.1 Å². The van der Waals surface area contributed by atoms with Crippen LogP contribution in [0.15, 0.2) is 58.5 Å². The standard InChI is InChI=1S/C17H19ClN2O3S/c1-2-3-12-23-16-8-4-14(5-9-16)13-19-20-24(21,22)17-10-6-15(18)7-11-17/h4-11,13,20H,2-3,12H2,1H3. The molecule has 0 fully saturated rings. The first-order valence-electron chi connectivity index (χ1n) is 7.54. The van der Waals surface area contributed by atoms with Crippen molar-refractivity contribution in [2.45, 2.75) is 24.7 Å². The van der Waals surface area contributed by atoms with Crippen LogP contribution >= 0.6 is 11.6 Å². The number of unbranched alkanes of at least 4 members (excludes halogenated alkanes) is 1. The van der Waals surface area contributed by atoms with Crippen molar-refractivity contribution in [3.63, 3.8) is 0 Å². The quantitative estimate of drug-likeness (QED) is 0.438. The molecular formula is C17H19ClN2O3S. The molecule has 0 saturated carbocycles. The summed E-state index contributed by atoms with van der Waals surface area (Å²) in [5.74, 6) is 0.780. The summed E-state index contributed by atoms with van der Waals surface area (Å²) in [6.07, 6.45) is 3.53. The van der Waals surface area contributed by atoms with Crippen LogP contribution < -0.4 is 9.57 Å². The molecular weight excluding hydrogens is 348 g/mol. The molecule has 0 heterocycles. The van der Waals surface area contributed by atoms with Gasteiger partial charge in [0, 0.05) is 5.02 Å². The lowest BCUT2D eigenvalue weighted by molar-refractivity contribution is 0.309. The number of hydrogen-bond acceptors (Lipinski definition) is 4. The molecule has 2 aromatic rings. The first-order chi connectivity index (χ1) is 11.5. The Bertz CT molecular complexity index is 772. The SMILES string of the molecule is CCCCOc1ccc(C=NNS(=O)(=O)c2ccc(Cl)cc2)cc1. The van der Waals surface area contributed by atoms with Gasteiger partial charge in [-0.15, -0.1) is 0 Å². The summed E-state index contributed by atoms with van der Waals surface area (Å²) in [6, 6.07) is 13.1. The van der Waals surface area contributed by atoms with E-state index in [1.807, 2.05) is 12.1 Å². The molecule has 0 amide bonds. The Morgan fingerprint density at radius 3 is 2.42 bits per heavy atom. The number of hydrogen-bond donors (Lipinski definition) is 1. The summed E-state index contributed by atoms with van der Waals surface area (Å²) in [7, 11) is -3.70. The number of halogens is 1. The molecule has 1 N–H and O–H groups in total. The average Bonchev–Trinajstić information content (AvgIpc) is 2.57. The van der Waals surface area contributed by atoms with E-state index in [2.05, 4.69) is 16.9 Å². The van der Waals surface area contributed by atoms with E-state index in [4.69, 9.17) is 16.3 Å². The van der Waals surface area contributed by atoms with Gasteiger partial charge in [0.15, 0.2) is 0 Å². The van der Waals surface area contributed by atoms with Gasteiger partial charge < -0.3 is 4.74 Å². The van der Waals surface area contributed by atoms with Crippen LogP contribution in [0.4, 0.5) is 0 Å². The number of ether oxygens (including phenoxy) is 1. The Labute approximate surface area is 147 Å². The third-order valence-electron chi connectivity index (χ3n) is 3.16. The fraction of sp³-hybridized carbons (Fsp3) is 0.235. The van der Waals surface area contributed by atoms with E-state index >= 15 is 0 Å². The van der Waals surface area contributed by atoms with Gasteiger partial charge in [-0.2, -0.15) is 13.5 Å². The molecule has 0 aliphatic carbocycles. The van der Waals surface area contributed by atoms with E-state index in [9.17, 15) is 8.42 Å². The van der Waals surface area contributed by atoms with Crippen LogP contribution in [0.1, 0.15) is 25.3 Å². The summed E-state index contributed by atoms with van der Waals surface area (Å²) in [5, 5.41) is 4.25. The van der Waals surface area contributed by atoms with Gasteiger partial charge in [-0.05, 0) is 60.5 Å². The maximum Gasteiger partial charge on any atom is 0.276 e. The van der Waals surface area contributed by atoms with Crippen molar-refractivity contribution in [1.29, 1.82) is 0 Å². The van der Waals surface area contributed by atoms with Crippen LogP contribution in [0, 0.1) is 0 Å². The Hall–Kier alpha value is -2.05. The van der Waals surface area contributed by atoms with Crippen molar-refractivity contribution >= 4 is 27.8 Å². The van der Waals surface area contributed by atoms with Crippen molar-refractivity contribution in [2.75, 3.05) is 6.61 Å². The number of hydrazone groups is 1. The van der Waals surface area contributed by atoms with Gasteiger partial charge >= 0.3 is 0 Å². The topological polar surface area (TPSA) is 67.8 Å². The average molecular weight is 367 g/mol. The first-order valence-corrected chi connectivity index (χ1v) is 9.40. The second-order valence-corrected chi connectivity index (χ2v) is 7.18. The Balaban J connectivity index is 1.94. The second kappa shape index (κ2) is 8.70. The van der Waals surface area contributed by atoms with Gasteiger partial charge in [0.25, 0.3) is 10.0 Å². The molecule has 0 spiro atoms. The highest BCUT2D eigenvalue weighted by atomic mass is 35.5. The summed E-state index contributed by atoms with van der Waals surface area (Å²) in [4.78, 5) is 2.27. The molecule has 128 valence electrons. The van der Waals surface area contributed by atoms with Gasteiger partial charge in [-0.25, -0.2) is 4.83 Å². The highest BCUT2D eigenvalue weighted by Gasteiger charge is 2.11. The molecule has 0 bridgehead atoms. The number of nitrogens with zero attached hydrogens (tertiary/aromatic N) is 1. The minimum Gasteiger partial charge on any atom is -0.494 e. The van der Waals surface area contributed by atoms with Crippen molar-refractivity contribution < 1.29 is 13.2 Å². The van der Waals surface area contributed by atoms with Crippen molar-refractivity contribution in [1.82, 2.24) is 4.83 Å². The zero-order chi connectivity index (χ0) is 17.4. The largest absolute Gasteiger partial charge is 0.494 e. The van der Waals surface area contributed by atoms with Gasteiger partial charge in [0.1, 0.15) is 5.75 Å². The van der Waals surface area contributed by atoms with Crippen LogP contribution in [0.3, 0.4) is 0 Å². The maximum absolute atomic E-state index is 12.0. The predicted octanol–water partition coefficient (Wildman–Crippen LogP) is 3.83. The number of sulfonamides is 1. The third-order valence-corrected chi connectivity index (χ3v) is 4.65. The van der Waals surface area contributed by atoms with Gasteiger partial charge in [-0.3, -0.25) is 0 Å². The van der Waals surface area contributed by atoms with Gasteiger partial charge in [0.2, 0.25) is 0 Å². The van der Waals surface area contributed by atoms with E-state index in [-0.39, 0.29) is 4.90 Å². The summed E-state index contributed by atoms with van der Waals surface area (Å²) in [5.41, 5.74) is 0.761. The molecule has 24 heavy (non-hydrogen) atoms. The third kappa shape index (κ3) is 5.54. The summed E-state index contributed by atoms with van der Waals surface area (Å²) in [6.45, 7) is 2.79. The van der Waals surface area contributed by atoms with Crippen molar-refractivity contribution in [3.8, 4) is 5.75 Å². The minimum absolute atomic E-state index is 0.101. The second-order valence-electron chi connectivity index (χ2n) is 5.08. The molecule has 2 rings (SSSR count). The van der Waals surface area contributed by atoms with Crippen LogP contribution in [-0.4, -0.2) is 21.2 Å². The molecule has 5 nitrogen and oxygen atoms in total. The summed E-state index contributed by atoms with van der Waals surface area (Å²) < 4.78 is 29.7. The maximum atomic E-state index is 12.0. The minimum atomic E-state index is -3.70. The molecule has 0 aliphatic rings. The molecule has 0 unspecified atom stereocenters. The summed E-state index contributed by atoms with van der Waals surface area (Å²) >= 11 is 5.74. The molecule has 7 heteroatoms. The van der Waals surface area contributed by atoms with Crippen LogP contribution in [0.25, 0.3) is 0 Å². The van der Waals surface area contributed by atoms with E-state index in [1.165, 1.54) is 30.5 Å². The number of nitrogens with one attached hydrogen (secondary N) is 1. The Kier molecular flexibility index (Phi) is 6.63. The molecule has 0 aromatic heterocycles. The first kappa shape index (κ1) is 18.3. The van der Waals surface area contributed by atoms with Crippen LogP contribution in [0.2, 0.25) is 5.02 Å². The molecule has 0 saturated heterocycles. The highest BCUT2D eigenvalue weighted by Crippen LogP contribution is 2.14. The number of rotatable bonds is 8. The Morgan fingerprint density at radius 1 is 1.12 bits per heavy atom. The molecule has 0 aliphatic heterocycles. The van der Waals surface area contributed by atoms with E-state index in [0.717, 1.165) is 24.2 Å². The lowest BCUT2D eigenvalue weighted by Gasteiger charge is -2.05. The molecule has 0 atom stereocenters. The zero-order valence-electron chi connectivity index (χ0n) is 13.3. The molecule has 0 radical (unpaired) electrons. The fourth-order valence-corrected chi connectivity index (χ4v) is 2.74. The van der Waals surface area contributed by atoms with Crippen LogP contribution in [0.5, 0.6) is 5.75 Å². The normalized spacial score (nSPS) is 11.6. The van der Waals surface area contributed by atoms with Crippen LogP contribution in [-0.2, 0) is 10.0 Å². The molecule has 2 aromatic carbocycles. The lowest BCUT2D eigenvalue weighted by Crippen LogP contribution is -2.18. The van der Waals surface area contributed by atoms with E-state index in [1.54, 1.807) is 12.1 Å². The fourth-order valence-electron chi connectivity index (χ4n) is 1.82. The van der Waals surface area contributed by atoms with Gasteiger partial charge in [0.05, 0.1) is 17.7 Å². The highest BCUT2D eigenvalue weighted by molar-refractivity contribution is 7.89. The monoisotopic (exact) mass is 366 g/mol. The van der Waals surface area contributed by atoms with E-state index < -0.39 is 10.0 Å². The predicted molar refractivity (Wildman–Crippen MR) is 96.2 cm³/mol.